The molecule has 0 amide bonds. The Labute approximate surface area is 92.9 Å². The van der Waals surface area contributed by atoms with Gasteiger partial charge in [-0.3, -0.25) is 0 Å². The molecule has 1 N–H and O–H groups in total. The summed E-state index contributed by atoms with van der Waals surface area (Å²) in [5.41, 5.74) is 2.67. The van der Waals surface area contributed by atoms with Crippen molar-refractivity contribution >= 4 is 5.69 Å². The maximum atomic E-state index is 3.68. The fourth-order valence-electron chi connectivity index (χ4n) is 2.52. The van der Waals surface area contributed by atoms with E-state index in [1.165, 1.54) is 36.9 Å². The minimum Gasteiger partial charge on any atom is -0.382 e. The average molecular weight is 203 g/mol. The maximum Gasteiger partial charge on any atom is 0.0372 e. The van der Waals surface area contributed by atoms with E-state index in [2.05, 4.69) is 43.4 Å². The number of rotatable bonds is 2. The van der Waals surface area contributed by atoms with Crippen LogP contribution in [-0.4, -0.2) is 6.04 Å². The first kappa shape index (κ1) is 10.5. The van der Waals surface area contributed by atoms with Crippen molar-refractivity contribution in [3.05, 3.63) is 29.8 Å². The number of anilines is 1. The summed E-state index contributed by atoms with van der Waals surface area (Å²) in [6, 6.07) is 9.27. The van der Waals surface area contributed by atoms with E-state index in [-0.39, 0.29) is 0 Å². The number of benzene rings is 1. The third-order valence-corrected chi connectivity index (χ3v) is 3.44. The second kappa shape index (κ2) is 4.69. The first-order valence-corrected chi connectivity index (χ1v) is 6.08. The third kappa shape index (κ3) is 2.74. The largest absolute Gasteiger partial charge is 0.382 e. The van der Waals surface area contributed by atoms with Crippen molar-refractivity contribution < 1.29 is 0 Å². The van der Waals surface area contributed by atoms with Crippen molar-refractivity contribution in [1.29, 1.82) is 0 Å². The van der Waals surface area contributed by atoms with Crippen LogP contribution in [0.1, 0.15) is 38.2 Å². The highest BCUT2D eigenvalue weighted by molar-refractivity contribution is 5.50. The van der Waals surface area contributed by atoms with Crippen LogP contribution in [0.25, 0.3) is 0 Å². The van der Waals surface area contributed by atoms with E-state index in [4.69, 9.17) is 0 Å². The molecule has 1 heteroatoms. The summed E-state index contributed by atoms with van der Waals surface area (Å²) in [6.07, 6.45) is 5.45. The van der Waals surface area contributed by atoms with Crippen molar-refractivity contribution in [3.8, 4) is 0 Å². The van der Waals surface area contributed by atoms with Crippen molar-refractivity contribution in [1.82, 2.24) is 0 Å². The monoisotopic (exact) mass is 203 g/mol. The molecule has 2 unspecified atom stereocenters. The second-order valence-electron chi connectivity index (χ2n) is 4.93. The molecule has 1 aromatic carbocycles. The summed E-state index contributed by atoms with van der Waals surface area (Å²) in [5.74, 6) is 0.889. The summed E-state index contributed by atoms with van der Waals surface area (Å²) < 4.78 is 0. The van der Waals surface area contributed by atoms with Crippen LogP contribution in [-0.2, 0) is 0 Å². The first-order valence-electron chi connectivity index (χ1n) is 6.08. The highest BCUT2D eigenvalue weighted by Crippen LogP contribution is 2.27. The fourth-order valence-corrected chi connectivity index (χ4v) is 2.52. The Bertz CT molecular complexity index is 319. The van der Waals surface area contributed by atoms with Gasteiger partial charge in [0, 0.05) is 11.7 Å². The number of aryl methyl sites for hydroxylation is 1. The predicted octanol–water partition coefficient (Wildman–Crippen LogP) is 3.99. The van der Waals surface area contributed by atoms with E-state index < -0.39 is 0 Å². The Morgan fingerprint density at radius 3 is 2.73 bits per heavy atom. The van der Waals surface area contributed by atoms with E-state index in [1.807, 2.05) is 0 Å². The molecule has 0 aromatic heterocycles. The lowest BCUT2D eigenvalue weighted by molar-refractivity contribution is 0.358. The summed E-state index contributed by atoms with van der Waals surface area (Å²) in [5, 5.41) is 3.68. The molecule has 1 aliphatic rings. The van der Waals surface area contributed by atoms with Gasteiger partial charge in [-0.25, -0.2) is 0 Å². The molecule has 1 fully saturated rings. The molecular weight excluding hydrogens is 182 g/mol. The third-order valence-electron chi connectivity index (χ3n) is 3.44. The quantitative estimate of drug-likeness (QED) is 0.766. The van der Waals surface area contributed by atoms with Crippen LogP contribution in [0.15, 0.2) is 24.3 Å². The molecule has 0 saturated heterocycles. The molecule has 1 nitrogen and oxygen atoms in total. The Kier molecular flexibility index (Phi) is 3.30. The Morgan fingerprint density at radius 2 is 2.00 bits per heavy atom. The van der Waals surface area contributed by atoms with Crippen LogP contribution in [0, 0.1) is 12.8 Å². The molecule has 1 saturated carbocycles. The van der Waals surface area contributed by atoms with Gasteiger partial charge in [-0.1, -0.05) is 38.0 Å². The molecule has 1 aromatic rings. The number of hydrogen-bond acceptors (Lipinski definition) is 1. The molecule has 0 heterocycles. The molecule has 2 atom stereocenters. The van der Waals surface area contributed by atoms with Crippen LogP contribution in [0.5, 0.6) is 0 Å². The van der Waals surface area contributed by atoms with Crippen molar-refractivity contribution in [3.63, 3.8) is 0 Å². The summed E-state index contributed by atoms with van der Waals surface area (Å²) >= 11 is 0. The fraction of sp³-hybridized carbons (Fsp3) is 0.571. The Morgan fingerprint density at radius 1 is 1.20 bits per heavy atom. The molecule has 2 rings (SSSR count). The van der Waals surface area contributed by atoms with E-state index in [9.17, 15) is 0 Å². The van der Waals surface area contributed by atoms with Gasteiger partial charge >= 0.3 is 0 Å². The van der Waals surface area contributed by atoms with Gasteiger partial charge in [-0.15, -0.1) is 0 Å². The summed E-state index contributed by atoms with van der Waals surface area (Å²) in [4.78, 5) is 0. The number of hydrogen-bond donors (Lipinski definition) is 1. The van der Waals surface area contributed by atoms with Gasteiger partial charge in [-0.05, 0) is 37.3 Å². The molecule has 15 heavy (non-hydrogen) atoms. The molecular formula is C14H21N. The zero-order chi connectivity index (χ0) is 10.7. The summed E-state index contributed by atoms with van der Waals surface area (Å²) in [6.45, 7) is 4.54. The van der Waals surface area contributed by atoms with Gasteiger partial charge < -0.3 is 5.32 Å². The van der Waals surface area contributed by atoms with Gasteiger partial charge in [0.05, 0.1) is 0 Å². The summed E-state index contributed by atoms with van der Waals surface area (Å²) in [7, 11) is 0. The average Bonchev–Trinajstić information content (AvgIpc) is 2.22. The lowest BCUT2D eigenvalue weighted by atomic mass is 9.87. The highest BCUT2D eigenvalue weighted by Gasteiger charge is 2.18. The predicted molar refractivity (Wildman–Crippen MR) is 66.2 cm³/mol. The van der Waals surface area contributed by atoms with E-state index >= 15 is 0 Å². The normalized spacial score (nSPS) is 26.3. The zero-order valence-corrected chi connectivity index (χ0v) is 9.79. The van der Waals surface area contributed by atoms with E-state index in [1.54, 1.807) is 0 Å². The molecule has 82 valence electrons. The van der Waals surface area contributed by atoms with Crippen LogP contribution in [0.2, 0.25) is 0 Å². The van der Waals surface area contributed by atoms with Gasteiger partial charge in [0.15, 0.2) is 0 Å². The lowest BCUT2D eigenvalue weighted by Crippen LogP contribution is -2.26. The molecule has 0 spiro atoms. The molecule has 0 radical (unpaired) electrons. The van der Waals surface area contributed by atoms with Crippen LogP contribution in [0.4, 0.5) is 5.69 Å². The topological polar surface area (TPSA) is 12.0 Å². The van der Waals surface area contributed by atoms with Crippen LogP contribution < -0.4 is 5.32 Å². The van der Waals surface area contributed by atoms with Gasteiger partial charge in [0.2, 0.25) is 0 Å². The highest BCUT2D eigenvalue weighted by atomic mass is 14.9. The van der Waals surface area contributed by atoms with Crippen LogP contribution in [0.3, 0.4) is 0 Å². The lowest BCUT2D eigenvalue weighted by Gasteiger charge is -2.28. The molecule has 1 aliphatic carbocycles. The van der Waals surface area contributed by atoms with Crippen molar-refractivity contribution in [2.45, 2.75) is 45.6 Å². The minimum absolute atomic E-state index is 0.690. The standard InChI is InChI=1S/C14H21N/c1-11-6-5-8-13(10-11)15-14-9-4-3-7-12(14)2/h3-4,7,9,11,13,15H,5-6,8,10H2,1-2H3. The van der Waals surface area contributed by atoms with Gasteiger partial charge in [-0.2, -0.15) is 0 Å². The smallest absolute Gasteiger partial charge is 0.0372 e. The van der Waals surface area contributed by atoms with E-state index in [0.29, 0.717) is 6.04 Å². The Hall–Kier alpha value is -0.980. The first-order chi connectivity index (χ1) is 7.25. The Balaban J connectivity index is 1.99. The minimum atomic E-state index is 0.690. The van der Waals surface area contributed by atoms with Crippen molar-refractivity contribution in [2.75, 3.05) is 5.32 Å². The van der Waals surface area contributed by atoms with Crippen LogP contribution >= 0.6 is 0 Å². The second-order valence-corrected chi connectivity index (χ2v) is 4.93. The van der Waals surface area contributed by atoms with Gasteiger partial charge in [0.25, 0.3) is 0 Å². The van der Waals surface area contributed by atoms with Gasteiger partial charge in [0.1, 0.15) is 0 Å². The zero-order valence-electron chi connectivity index (χ0n) is 9.79. The SMILES string of the molecule is Cc1ccccc1NC1CCCC(C)C1. The van der Waals surface area contributed by atoms with E-state index in [0.717, 1.165) is 5.92 Å². The molecule has 0 aliphatic heterocycles. The number of para-hydroxylation sites is 1. The van der Waals surface area contributed by atoms with Crippen molar-refractivity contribution in [2.24, 2.45) is 5.92 Å². The molecule has 0 bridgehead atoms. The number of nitrogens with one attached hydrogen (secondary N) is 1. The maximum absolute atomic E-state index is 3.68.